The second-order valence-electron chi connectivity index (χ2n) is 8.74. The number of aromatic carboxylic acids is 1. The Labute approximate surface area is 217 Å². The van der Waals surface area contributed by atoms with Crippen molar-refractivity contribution >= 4 is 68.3 Å². The Morgan fingerprint density at radius 3 is 2.78 bits per heavy atom. The zero-order valence-corrected chi connectivity index (χ0v) is 21.3. The van der Waals surface area contributed by atoms with Crippen molar-refractivity contribution in [1.29, 1.82) is 0 Å². The van der Waals surface area contributed by atoms with Crippen LogP contribution < -0.4 is 21.4 Å². The van der Waals surface area contributed by atoms with Crippen LogP contribution >= 0.6 is 34.7 Å². The van der Waals surface area contributed by atoms with E-state index in [-0.39, 0.29) is 40.5 Å². The number of nitrogen functional groups attached to an aromatic ring is 1. The molecular formula is C22H22ClFN6O4S2. The number of nitrogens with zero attached hydrogens (tertiary/aromatic N) is 4. The monoisotopic (exact) mass is 552 g/mol. The predicted octanol–water partition coefficient (Wildman–Crippen LogP) is 3.14. The second-order valence-corrected chi connectivity index (χ2v) is 11.5. The van der Waals surface area contributed by atoms with E-state index < -0.39 is 22.8 Å². The first kappa shape index (κ1) is 24.8. The Balaban J connectivity index is 1.32. The van der Waals surface area contributed by atoms with Gasteiger partial charge in [-0.3, -0.25) is 9.59 Å². The zero-order valence-electron chi connectivity index (χ0n) is 18.9. The summed E-state index contributed by atoms with van der Waals surface area (Å²) in [4.78, 5) is 38.5. The van der Waals surface area contributed by atoms with Gasteiger partial charge in [0.25, 0.3) is 0 Å². The van der Waals surface area contributed by atoms with Crippen LogP contribution in [0.1, 0.15) is 42.1 Å². The third-order valence-corrected chi connectivity index (χ3v) is 8.45. The number of amides is 1. The average Bonchev–Trinajstić information content (AvgIpc) is 3.43. The Morgan fingerprint density at radius 1 is 1.33 bits per heavy atom. The number of fused-ring (bicyclic) bond motifs is 1. The summed E-state index contributed by atoms with van der Waals surface area (Å²) >= 11 is 9.36. The number of carboxylic acid groups (broad SMARTS) is 1. The Hall–Kier alpha value is -2.90. The van der Waals surface area contributed by atoms with Crippen LogP contribution in [0.2, 0.25) is 5.02 Å². The molecule has 2 aromatic heterocycles. The number of benzene rings is 1. The molecule has 3 aromatic rings. The normalized spacial score (nSPS) is 17.6. The molecule has 4 N–H and O–H groups in total. The van der Waals surface area contributed by atoms with E-state index in [4.69, 9.17) is 17.3 Å². The van der Waals surface area contributed by atoms with Gasteiger partial charge in [-0.1, -0.05) is 34.7 Å². The van der Waals surface area contributed by atoms with Crippen LogP contribution in [0.15, 0.2) is 21.4 Å². The fourth-order valence-corrected chi connectivity index (χ4v) is 6.46. The van der Waals surface area contributed by atoms with Crippen LogP contribution in [0.5, 0.6) is 0 Å². The van der Waals surface area contributed by atoms with Gasteiger partial charge in [0.2, 0.25) is 16.5 Å². The highest BCUT2D eigenvalue weighted by Gasteiger charge is 2.32. The number of thioether (sulfide) groups is 1. The molecule has 2 fully saturated rings. The summed E-state index contributed by atoms with van der Waals surface area (Å²) in [5.41, 5.74) is 4.88. The van der Waals surface area contributed by atoms with Gasteiger partial charge in [0.1, 0.15) is 11.4 Å². The maximum Gasteiger partial charge on any atom is 0.341 e. The van der Waals surface area contributed by atoms with Crippen molar-refractivity contribution in [3.8, 4) is 0 Å². The summed E-state index contributed by atoms with van der Waals surface area (Å²) in [5, 5.41) is 20.5. The van der Waals surface area contributed by atoms with E-state index in [1.165, 1.54) is 29.3 Å². The van der Waals surface area contributed by atoms with E-state index in [2.05, 4.69) is 15.5 Å². The molecule has 1 atom stereocenters. The lowest BCUT2D eigenvalue weighted by molar-refractivity contribution is -0.121. The average molecular weight is 553 g/mol. The van der Waals surface area contributed by atoms with Crippen LogP contribution in [0.4, 0.5) is 15.2 Å². The minimum Gasteiger partial charge on any atom is -0.477 e. The molecule has 1 aliphatic heterocycles. The van der Waals surface area contributed by atoms with Crippen molar-refractivity contribution in [2.45, 2.75) is 42.1 Å². The van der Waals surface area contributed by atoms with Crippen LogP contribution in [-0.2, 0) is 4.79 Å². The Kier molecular flexibility index (Phi) is 6.79. The fourth-order valence-electron chi connectivity index (χ4n) is 4.41. The number of pyridine rings is 1. The molecule has 2 aliphatic rings. The smallest absolute Gasteiger partial charge is 0.341 e. The van der Waals surface area contributed by atoms with E-state index in [0.717, 1.165) is 18.9 Å². The molecule has 1 aliphatic carbocycles. The van der Waals surface area contributed by atoms with Crippen molar-refractivity contribution in [3.05, 3.63) is 38.9 Å². The summed E-state index contributed by atoms with van der Waals surface area (Å²) in [6, 6.07) is 0.904. The first-order valence-electron chi connectivity index (χ1n) is 11.3. The lowest BCUT2D eigenvalue weighted by atomic mass is 10.1. The van der Waals surface area contributed by atoms with E-state index in [0.29, 0.717) is 40.3 Å². The van der Waals surface area contributed by atoms with Gasteiger partial charge in [-0.15, -0.1) is 10.2 Å². The molecule has 1 saturated heterocycles. The van der Waals surface area contributed by atoms with Crippen LogP contribution in [0.3, 0.4) is 0 Å². The highest BCUT2D eigenvalue weighted by Crippen LogP contribution is 2.42. The molecule has 0 bridgehead atoms. The number of hydrogen-bond acceptors (Lipinski definition) is 9. The molecule has 0 spiro atoms. The Bertz CT molecular complexity index is 1430. The molecule has 14 heteroatoms. The molecule has 1 amide bonds. The number of nitrogens with one attached hydrogen (secondary N) is 1. The van der Waals surface area contributed by atoms with E-state index in [9.17, 15) is 19.5 Å². The minimum atomic E-state index is -1.36. The number of rotatable bonds is 8. The molecule has 190 valence electrons. The lowest BCUT2D eigenvalue weighted by Crippen LogP contribution is -2.37. The molecule has 0 radical (unpaired) electrons. The van der Waals surface area contributed by atoms with Crippen molar-refractivity contribution < 1.29 is 19.1 Å². The molecule has 10 nitrogen and oxygen atoms in total. The predicted molar refractivity (Wildman–Crippen MR) is 137 cm³/mol. The third-order valence-electron chi connectivity index (χ3n) is 6.20. The van der Waals surface area contributed by atoms with Gasteiger partial charge in [-0.2, -0.15) is 0 Å². The molecule has 5 rings (SSSR count). The van der Waals surface area contributed by atoms with Gasteiger partial charge in [-0.25, -0.2) is 9.18 Å². The first-order chi connectivity index (χ1) is 17.2. The molecule has 1 saturated carbocycles. The first-order valence-corrected chi connectivity index (χ1v) is 13.5. The summed E-state index contributed by atoms with van der Waals surface area (Å²) < 4.78 is 17.7. The van der Waals surface area contributed by atoms with Crippen LogP contribution in [-0.4, -0.2) is 56.6 Å². The number of halogens is 2. The summed E-state index contributed by atoms with van der Waals surface area (Å²) in [7, 11) is 0. The summed E-state index contributed by atoms with van der Waals surface area (Å²) in [5.74, 6) is -1.66. The molecule has 1 aromatic carbocycles. The number of anilines is 2. The summed E-state index contributed by atoms with van der Waals surface area (Å²) in [6.07, 6.45) is 3.84. The SMILES string of the molecule is Nc1nnc(SCCC(=O)NC2CCN(c3c(F)cc4c(=O)c(C(=O)O)cn(C5CC5)c4c3Cl)C2)s1. The highest BCUT2D eigenvalue weighted by atomic mass is 35.5. The lowest BCUT2D eigenvalue weighted by Gasteiger charge is -2.23. The molecule has 1 unspecified atom stereocenters. The van der Waals surface area contributed by atoms with E-state index in [1.54, 1.807) is 9.47 Å². The number of carbonyl (C=O) groups excluding carboxylic acids is 1. The Morgan fingerprint density at radius 2 is 2.11 bits per heavy atom. The topological polar surface area (TPSA) is 143 Å². The number of aromatic nitrogens is 3. The second kappa shape index (κ2) is 9.87. The highest BCUT2D eigenvalue weighted by molar-refractivity contribution is 8.01. The van der Waals surface area contributed by atoms with Crippen molar-refractivity contribution in [1.82, 2.24) is 20.1 Å². The van der Waals surface area contributed by atoms with Gasteiger partial charge < -0.3 is 25.6 Å². The largest absolute Gasteiger partial charge is 0.477 e. The van der Waals surface area contributed by atoms with Crippen LogP contribution in [0.25, 0.3) is 10.9 Å². The summed E-state index contributed by atoms with van der Waals surface area (Å²) in [6.45, 7) is 0.821. The number of carboxylic acids is 1. The number of hydrogen-bond donors (Lipinski definition) is 3. The molecule has 36 heavy (non-hydrogen) atoms. The molecular weight excluding hydrogens is 531 g/mol. The van der Waals surface area contributed by atoms with Crippen LogP contribution in [0, 0.1) is 5.82 Å². The quantitative estimate of drug-likeness (QED) is 0.359. The number of carbonyl (C=O) groups is 2. The fraction of sp³-hybridized carbons (Fsp3) is 0.409. The van der Waals surface area contributed by atoms with Gasteiger partial charge in [-0.05, 0) is 25.3 Å². The minimum absolute atomic E-state index is 0.0158. The van der Waals surface area contributed by atoms with Crippen molar-refractivity contribution in [3.63, 3.8) is 0 Å². The maximum atomic E-state index is 15.3. The van der Waals surface area contributed by atoms with Gasteiger partial charge >= 0.3 is 5.97 Å². The van der Waals surface area contributed by atoms with Gasteiger partial charge in [0.05, 0.1) is 21.6 Å². The van der Waals surface area contributed by atoms with Crippen molar-refractivity contribution in [2.24, 2.45) is 0 Å². The van der Waals surface area contributed by atoms with E-state index in [1.807, 2.05) is 0 Å². The maximum absolute atomic E-state index is 15.3. The van der Waals surface area contributed by atoms with Crippen molar-refractivity contribution in [2.75, 3.05) is 29.5 Å². The standard InChI is InChI=1S/C22H22ClFN6O4S2/c23-16-17-12(19(32)13(20(33)34)9-30(17)11-1-2-11)7-14(24)18(16)29-5-3-10(8-29)26-15(31)4-6-35-22-28-27-21(25)36-22/h7,9-11H,1-6,8H2,(H2,25,27)(H,26,31)(H,33,34). The van der Waals surface area contributed by atoms with Gasteiger partial charge in [0.15, 0.2) is 4.34 Å². The number of nitrogens with two attached hydrogens (primary N) is 1. The van der Waals surface area contributed by atoms with Gasteiger partial charge in [0, 0.05) is 43.5 Å². The zero-order chi connectivity index (χ0) is 25.6. The van der Waals surface area contributed by atoms with E-state index >= 15 is 4.39 Å². The molecule has 3 heterocycles. The third kappa shape index (κ3) is 4.87.